The van der Waals surface area contributed by atoms with Crippen LogP contribution >= 0.6 is 11.3 Å². The lowest BCUT2D eigenvalue weighted by Gasteiger charge is -2.06. The Hall–Kier alpha value is -4.59. The lowest BCUT2D eigenvalue weighted by molar-refractivity contribution is -0.394. The number of nitro benzene ring substituents is 2. The summed E-state index contributed by atoms with van der Waals surface area (Å²) in [6.07, 6.45) is 0. The topological polar surface area (TPSA) is 165 Å². The van der Waals surface area contributed by atoms with E-state index in [1.165, 1.54) is 16.0 Å². The normalized spacial score (nSPS) is 12.2. The molecule has 0 fully saturated rings. The molecule has 0 unspecified atom stereocenters. The van der Waals surface area contributed by atoms with Gasteiger partial charge in [0.1, 0.15) is 5.82 Å². The average molecular weight is 468 g/mol. The number of ether oxygens (including phenoxy) is 2. The Morgan fingerprint density at radius 3 is 2.39 bits per heavy atom. The van der Waals surface area contributed by atoms with Crippen molar-refractivity contribution in [2.45, 2.75) is 6.92 Å². The molecule has 0 saturated carbocycles. The minimum Gasteiger partial charge on any atom is -0.454 e. The molecule has 1 N–H and O–H groups in total. The monoisotopic (exact) mass is 468 g/mol. The van der Waals surface area contributed by atoms with Crippen LogP contribution in [0.25, 0.3) is 15.3 Å². The molecule has 33 heavy (non-hydrogen) atoms. The fraction of sp³-hybridized carbons (Fsp3) is 0.105. The lowest BCUT2D eigenvalue weighted by Crippen LogP contribution is -2.15. The Morgan fingerprint density at radius 2 is 1.73 bits per heavy atom. The quantitative estimate of drug-likeness (QED) is 0.340. The Kier molecular flexibility index (Phi) is 4.63. The number of anilines is 1. The van der Waals surface area contributed by atoms with E-state index < -0.39 is 27.1 Å². The second-order valence-corrected chi connectivity index (χ2v) is 7.97. The number of non-ortho nitro benzene ring substituents is 2. The zero-order valence-corrected chi connectivity index (χ0v) is 17.5. The van der Waals surface area contributed by atoms with Crippen LogP contribution < -0.4 is 14.8 Å². The van der Waals surface area contributed by atoms with Gasteiger partial charge in [-0.05, 0) is 6.92 Å². The number of fused-ring (bicyclic) bond motifs is 2. The van der Waals surface area contributed by atoms with E-state index in [1.807, 2.05) is 0 Å². The van der Waals surface area contributed by atoms with Crippen LogP contribution in [0.1, 0.15) is 16.1 Å². The van der Waals surface area contributed by atoms with Gasteiger partial charge in [-0.15, -0.1) is 0 Å². The molecular weight excluding hydrogens is 456 g/mol. The molecule has 1 aliphatic heterocycles. The largest absolute Gasteiger partial charge is 0.454 e. The molecule has 1 aliphatic rings. The molecule has 4 aromatic rings. The van der Waals surface area contributed by atoms with Crippen LogP contribution in [0.15, 0.2) is 36.4 Å². The molecule has 0 radical (unpaired) electrons. The molecule has 0 atom stereocenters. The van der Waals surface area contributed by atoms with E-state index in [-0.39, 0.29) is 18.2 Å². The number of nitrogens with zero attached hydrogens (tertiary/aromatic N) is 5. The first-order chi connectivity index (χ1) is 15.8. The molecule has 14 heteroatoms. The third kappa shape index (κ3) is 3.67. The first-order valence-electron chi connectivity index (χ1n) is 9.31. The summed E-state index contributed by atoms with van der Waals surface area (Å²) >= 11 is 1.30. The van der Waals surface area contributed by atoms with E-state index in [1.54, 1.807) is 25.1 Å². The van der Waals surface area contributed by atoms with Crippen molar-refractivity contribution in [1.82, 2.24) is 14.8 Å². The third-order valence-corrected chi connectivity index (χ3v) is 5.71. The van der Waals surface area contributed by atoms with Crippen LogP contribution in [-0.2, 0) is 0 Å². The molecule has 2 aromatic heterocycles. The van der Waals surface area contributed by atoms with Gasteiger partial charge in [-0.3, -0.25) is 25.0 Å². The van der Waals surface area contributed by atoms with Crippen LogP contribution in [0.4, 0.5) is 17.2 Å². The predicted molar refractivity (Wildman–Crippen MR) is 115 cm³/mol. The van der Waals surface area contributed by atoms with Crippen molar-refractivity contribution in [3.05, 3.63) is 67.9 Å². The van der Waals surface area contributed by atoms with Gasteiger partial charge in [-0.1, -0.05) is 11.3 Å². The van der Waals surface area contributed by atoms with Crippen LogP contribution in [0, 0.1) is 27.2 Å². The summed E-state index contributed by atoms with van der Waals surface area (Å²) in [4.78, 5) is 38.0. The Labute approximate surface area is 187 Å². The van der Waals surface area contributed by atoms with Crippen molar-refractivity contribution in [2.24, 2.45) is 0 Å². The maximum absolute atomic E-state index is 12.8. The highest BCUT2D eigenvalue weighted by atomic mass is 32.1. The summed E-state index contributed by atoms with van der Waals surface area (Å²) in [5, 5.41) is 29.7. The smallest absolute Gasteiger partial charge is 0.277 e. The van der Waals surface area contributed by atoms with Gasteiger partial charge in [0, 0.05) is 30.3 Å². The summed E-state index contributed by atoms with van der Waals surface area (Å²) in [7, 11) is 0. The number of carbonyl (C=O) groups excluding carboxylic acids is 1. The molecule has 0 saturated heterocycles. The molecule has 166 valence electrons. The molecule has 13 nitrogen and oxygen atoms in total. The van der Waals surface area contributed by atoms with Crippen molar-refractivity contribution >= 4 is 44.7 Å². The highest BCUT2D eigenvalue weighted by Gasteiger charge is 2.22. The SMILES string of the molecule is Cc1cc(NC(=O)c2cc([N+](=O)[O-])cc([N+](=O)[O-])c2)n(-c2nc3cc4c(cc3s2)OCO4)n1. The number of thiazole rings is 1. The summed E-state index contributed by atoms with van der Waals surface area (Å²) in [5.74, 6) is 0.655. The molecule has 1 amide bonds. The molecule has 0 spiro atoms. The van der Waals surface area contributed by atoms with Gasteiger partial charge in [0.15, 0.2) is 11.5 Å². The average Bonchev–Trinajstić information content (AvgIpc) is 3.48. The second-order valence-electron chi connectivity index (χ2n) is 6.96. The number of rotatable bonds is 5. The molecule has 5 rings (SSSR count). The Balaban J connectivity index is 1.50. The van der Waals surface area contributed by atoms with E-state index in [0.29, 0.717) is 27.8 Å². The highest BCUT2D eigenvalue weighted by molar-refractivity contribution is 7.20. The van der Waals surface area contributed by atoms with Crippen molar-refractivity contribution in [3.8, 4) is 16.6 Å². The van der Waals surface area contributed by atoms with Crippen molar-refractivity contribution < 1.29 is 24.1 Å². The van der Waals surface area contributed by atoms with Crippen molar-refractivity contribution in [2.75, 3.05) is 12.1 Å². The maximum atomic E-state index is 12.8. The molecule has 2 aromatic carbocycles. The van der Waals surface area contributed by atoms with Gasteiger partial charge in [0.2, 0.25) is 11.9 Å². The molecule has 0 aliphatic carbocycles. The summed E-state index contributed by atoms with van der Waals surface area (Å²) in [6, 6.07) is 7.85. The molecular formula is C19H12N6O7S. The van der Waals surface area contributed by atoms with Gasteiger partial charge in [0.05, 0.1) is 37.4 Å². The first kappa shape index (κ1) is 20.3. The fourth-order valence-electron chi connectivity index (χ4n) is 3.26. The molecule has 0 bridgehead atoms. The Bertz CT molecular complexity index is 1400. The van der Waals surface area contributed by atoms with E-state index in [4.69, 9.17) is 9.47 Å². The predicted octanol–water partition coefficient (Wildman–Crippen LogP) is 3.59. The van der Waals surface area contributed by atoms with E-state index >= 15 is 0 Å². The van der Waals surface area contributed by atoms with E-state index in [2.05, 4.69) is 15.4 Å². The lowest BCUT2D eigenvalue weighted by atomic mass is 10.1. The number of carbonyl (C=O) groups is 1. The number of hydrogen-bond acceptors (Lipinski definition) is 10. The van der Waals surface area contributed by atoms with Gasteiger partial charge < -0.3 is 14.8 Å². The van der Waals surface area contributed by atoms with E-state index in [9.17, 15) is 25.0 Å². The number of nitrogens with one attached hydrogen (secondary N) is 1. The number of benzene rings is 2. The zero-order chi connectivity index (χ0) is 23.3. The van der Waals surface area contributed by atoms with Crippen LogP contribution in [0.5, 0.6) is 11.5 Å². The first-order valence-corrected chi connectivity index (χ1v) is 10.1. The summed E-state index contributed by atoms with van der Waals surface area (Å²) in [6.45, 7) is 1.86. The van der Waals surface area contributed by atoms with Gasteiger partial charge in [-0.2, -0.15) is 9.78 Å². The number of nitro groups is 2. The van der Waals surface area contributed by atoms with Crippen LogP contribution in [-0.4, -0.2) is 37.3 Å². The second kappa shape index (κ2) is 7.52. The minimum atomic E-state index is -0.801. The van der Waals surface area contributed by atoms with E-state index in [0.717, 1.165) is 22.9 Å². The summed E-state index contributed by atoms with van der Waals surface area (Å²) in [5.41, 5.74) is -0.149. The summed E-state index contributed by atoms with van der Waals surface area (Å²) < 4.78 is 13.0. The standard InChI is InChI=1S/C19H12N6O7S/c1-9-2-17(21-18(26)10-3-11(24(27)28)5-12(4-10)25(29)30)23(22-9)19-20-13-6-14-15(32-8-31-14)7-16(13)33-19/h2-7H,8H2,1H3,(H,21,26). The van der Waals surface area contributed by atoms with Crippen molar-refractivity contribution in [3.63, 3.8) is 0 Å². The van der Waals surface area contributed by atoms with Gasteiger partial charge in [-0.25, -0.2) is 4.98 Å². The van der Waals surface area contributed by atoms with Gasteiger partial charge >= 0.3 is 0 Å². The maximum Gasteiger partial charge on any atom is 0.277 e. The Morgan fingerprint density at radius 1 is 1.06 bits per heavy atom. The number of aryl methyl sites for hydroxylation is 1. The third-order valence-electron chi connectivity index (χ3n) is 4.71. The number of aromatic nitrogens is 3. The number of amides is 1. The van der Waals surface area contributed by atoms with Gasteiger partial charge in [0.25, 0.3) is 17.3 Å². The number of hydrogen-bond donors (Lipinski definition) is 1. The van der Waals surface area contributed by atoms with Crippen LogP contribution in [0.2, 0.25) is 0 Å². The van der Waals surface area contributed by atoms with Crippen LogP contribution in [0.3, 0.4) is 0 Å². The zero-order valence-electron chi connectivity index (χ0n) is 16.7. The molecule has 3 heterocycles. The highest BCUT2D eigenvalue weighted by Crippen LogP contribution is 2.39. The van der Waals surface area contributed by atoms with Crippen molar-refractivity contribution in [1.29, 1.82) is 0 Å². The fourth-order valence-corrected chi connectivity index (χ4v) is 4.20. The minimum absolute atomic E-state index is 0.143.